The maximum absolute atomic E-state index is 12.9. The number of amides is 1. The molecule has 1 fully saturated rings. The Bertz CT molecular complexity index is 680. The van der Waals surface area contributed by atoms with Crippen molar-refractivity contribution in [3.8, 4) is 5.69 Å². The molecule has 1 aromatic heterocycles. The Balaban J connectivity index is 1.86. The van der Waals surface area contributed by atoms with Crippen molar-refractivity contribution in [2.24, 2.45) is 11.7 Å². The minimum Gasteiger partial charge on any atom is -0.333 e. The van der Waals surface area contributed by atoms with Crippen LogP contribution < -0.4 is 5.73 Å². The van der Waals surface area contributed by atoms with Crippen molar-refractivity contribution in [3.05, 3.63) is 47.8 Å². The molecule has 122 valence electrons. The van der Waals surface area contributed by atoms with Gasteiger partial charge in [0, 0.05) is 24.8 Å². The van der Waals surface area contributed by atoms with E-state index in [1.165, 1.54) is 0 Å². The molecule has 2 atom stereocenters. The SMILES string of the molecule is Cc1cc(C(=O)N2CCC(C)CC2CN)nn1-c1ccccc1. The second-order valence-corrected chi connectivity index (χ2v) is 6.44. The molecule has 2 N–H and O–H groups in total. The van der Waals surface area contributed by atoms with E-state index in [-0.39, 0.29) is 11.9 Å². The first kappa shape index (κ1) is 15.7. The Labute approximate surface area is 137 Å². The van der Waals surface area contributed by atoms with Crippen molar-refractivity contribution in [2.45, 2.75) is 32.7 Å². The van der Waals surface area contributed by atoms with E-state index in [1.54, 1.807) is 0 Å². The van der Waals surface area contributed by atoms with E-state index in [2.05, 4.69) is 12.0 Å². The molecule has 5 nitrogen and oxygen atoms in total. The van der Waals surface area contributed by atoms with E-state index in [9.17, 15) is 4.79 Å². The molecule has 0 radical (unpaired) electrons. The summed E-state index contributed by atoms with van der Waals surface area (Å²) in [7, 11) is 0. The van der Waals surface area contributed by atoms with Crippen LogP contribution in [0.2, 0.25) is 0 Å². The van der Waals surface area contributed by atoms with E-state index >= 15 is 0 Å². The Morgan fingerprint density at radius 2 is 2.09 bits per heavy atom. The number of rotatable bonds is 3. The molecule has 3 rings (SSSR count). The molecule has 1 amide bonds. The van der Waals surface area contributed by atoms with Crippen LogP contribution in [0.5, 0.6) is 0 Å². The minimum atomic E-state index is -0.00914. The molecule has 1 aliphatic rings. The lowest BCUT2D eigenvalue weighted by molar-refractivity contribution is 0.0567. The third-order valence-corrected chi connectivity index (χ3v) is 4.62. The molecule has 2 unspecified atom stereocenters. The zero-order valence-corrected chi connectivity index (χ0v) is 13.8. The normalized spacial score (nSPS) is 21.4. The van der Waals surface area contributed by atoms with Crippen LogP contribution in [-0.2, 0) is 0 Å². The van der Waals surface area contributed by atoms with Gasteiger partial charge in [0.05, 0.1) is 5.69 Å². The summed E-state index contributed by atoms with van der Waals surface area (Å²) in [5.41, 5.74) is 8.30. The van der Waals surface area contributed by atoms with Gasteiger partial charge in [-0.3, -0.25) is 4.79 Å². The lowest BCUT2D eigenvalue weighted by Crippen LogP contribution is -2.49. The average Bonchev–Trinajstić information content (AvgIpc) is 2.96. The molecule has 2 heterocycles. The number of nitrogens with zero attached hydrogens (tertiary/aromatic N) is 3. The van der Waals surface area contributed by atoms with Gasteiger partial charge >= 0.3 is 0 Å². The summed E-state index contributed by atoms with van der Waals surface area (Å²) < 4.78 is 1.82. The Morgan fingerprint density at radius 3 is 2.78 bits per heavy atom. The van der Waals surface area contributed by atoms with Crippen LogP contribution >= 0.6 is 0 Å². The highest BCUT2D eigenvalue weighted by molar-refractivity contribution is 5.92. The maximum Gasteiger partial charge on any atom is 0.274 e. The third kappa shape index (κ3) is 3.15. The van der Waals surface area contributed by atoms with Crippen molar-refractivity contribution < 1.29 is 4.79 Å². The molecule has 1 aliphatic heterocycles. The van der Waals surface area contributed by atoms with Crippen LogP contribution in [0.15, 0.2) is 36.4 Å². The molecule has 23 heavy (non-hydrogen) atoms. The van der Waals surface area contributed by atoms with Crippen molar-refractivity contribution in [2.75, 3.05) is 13.1 Å². The Hall–Kier alpha value is -2.14. The number of hydrogen-bond acceptors (Lipinski definition) is 3. The van der Waals surface area contributed by atoms with Crippen molar-refractivity contribution in [3.63, 3.8) is 0 Å². The van der Waals surface area contributed by atoms with Crippen molar-refractivity contribution in [1.82, 2.24) is 14.7 Å². The van der Waals surface area contributed by atoms with Crippen LogP contribution in [0, 0.1) is 12.8 Å². The fourth-order valence-electron chi connectivity index (χ4n) is 3.30. The van der Waals surface area contributed by atoms with Gasteiger partial charge in [0.15, 0.2) is 5.69 Å². The van der Waals surface area contributed by atoms with Gasteiger partial charge in [-0.2, -0.15) is 5.10 Å². The lowest BCUT2D eigenvalue weighted by atomic mass is 9.92. The molecule has 2 aromatic rings. The summed E-state index contributed by atoms with van der Waals surface area (Å²) in [6, 6.07) is 11.9. The van der Waals surface area contributed by atoms with Gasteiger partial charge in [-0.25, -0.2) is 4.68 Å². The monoisotopic (exact) mass is 312 g/mol. The molecule has 5 heteroatoms. The van der Waals surface area contributed by atoms with Crippen LogP contribution in [0.4, 0.5) is 0 Å². The van der Waals surface area contributed by atoms with Crippen molar-refractivity contribution >= 4 is 5.91 Å². The first-order valence-electron chi connectivity index (χ1n) is 8.23. The van der Waals surface area contributed by atoms with E-state index < -0.39 is 0 Å². The van der Waals surface area contributed by atoms with Gasteiger partial charge in [-0.05, 0) is 43.9 Å². The number of benzene rings is 1. The van der Waals surface area contributed by atoms with Crippen molar-refractivity contribution in [1.29, 1.82) is 0 Å². The van der Waals surface area contributed by atoms with Crippen LogP contribution in [0.3, 0.4) is 0 Å². The van der Waals surface area contributed by atoms with E-state index in [0.29, 0.717) is 18.2 Å². The quantitative estimate of drug-likeness (QED) is 0.946. The number of hydrogen-bond donors (Lipinski definition) is 1. The predicted molar refractivity (Wildman–Crippen MR) is 90.6 cm³/mol. The molecule has 0 aliphatic carbocycles. The summed E-state index contributed by atoms with van der Waals surface area (Å²) in [4.78, 5) is 14.8. The van der Waals surface area contributed by atoms with Gasteiger partial charge in [0.25, 0.3) is 5.91 Å². The third-order valence-electron chi connectivity index (χ3n) is 4.62. The molecule has 0 spiro atoms. The second kappa shape index (κ2) is 6.54. The van der Waals surface area contributed by atoms with Crippen LogP contribution in [-0.4, -0.2) is 39.7 Å². The largest absolute Gasteiger partial charge is 0.333 e. The number of nitrogens with two attached hydrogens (primary N) is 1. The summed E-state index contributed by atoms with van der Waals surface area (Å²) in [6.45, 7) is 5.46. The Kier molecular flexibility index (Phi) is 4.48. The van der Waals surface area contributed by atoms with Gasteiger partial charge in [-0.15, -0.1) is 0 Å². The smallest absolute Gasteiger partial charge is 0.274 e. The molecule has 1 aromatic carbocycles. The molecule has 0 bridgehead atoms. The Morgan fingerprint density at radius 1 is 1.35 bits per heavy atom. The van der Waals surface area contributed by atoms with E-state index in [4.69, 9.17) is 5.73 Å². The zero-order chi connectivity index (χ0) is 16.4. The molecule has 0 saturated carbocycles. The standard InChI is InChI=1S/C18H24N4O/c1-13-8-9-21(16(10-13)12-19)18(23)17-11-14(2)22(20-17)15-6-4-3-5-7-15/h3-7,11,13,16H,8-10,12,19H2,1-2H3. The maximum atomic E-state index is 12.9. The average molecular weight is 312 g/mol. The summed E-state index contributed by atoms with van der Waals surface area (Å²) >= 11 is 0. The lowest BCUT2D eigenvalue weighted by Gasteiger charge is -2.37. The number of carbonyl (C=O) groups excluding carboxylic acids is 1. The van der Waals surface area contributed by atoms with E-state index in [1.807, 2.05) is 52.9 Å². The zero-order valence-electron chi connectivity index (χ0n) is 13.8. The number of aryl methyl sites for hydroxylation is 1. The number of aromatic nitrogens is 2. The first-order chi connectivity index (χ1) is 11.1. The molecule has 1 saturated heterocycles. The summed E-state index contributed by atoms with van der Waals surface area (Å²) in [5, 5.41) is 4.53. The van der Waals surface area contributed by atoms with E-state index in [0.717, 1.165) is 30.8 Å². The van der Waals surface area contributed by atoms with Crippen LogP contribution in [0.25, 0.3) is 5.69 Å². The van der Waals surface area contributed by atoms with Gasteiger partial charge in [-0.1, -0.05) is 25.1 Å². The van der Waals surface area contributed by atoms with Crippen LogP contribution in [0.1, 0.15) is 35.9 Å². The minimum absolute atomic E-state index is 0.00914. The number of piperidine rings is 1. The number of likely N-dealkylation sites (tertiary alicyclic amines) is 1. The highest BCUT2D eigenvalue weighted by atomic mass is 16.2. The summed E-state index contributed by atoms with van der Waals surface area (Å²) in [5.74, 6) is 0.612. The highest BCUT2D eigenvalue weighted by Crippen LogP contribution is 2.24. The first-order valence-corrected chi connectivity index (χ1v) is 8.23. The fourth-order valence-corrected chi connectivity index (χ4v) is 3.30. The topological polar surface area (TPSA) is 64.2 Å². The molecular formula is C18H24N4O. The van der Waals surface area contributed by atoms with Gasteiger partial charge in [0.1, 0.15) is 0 Å². The van der Waals surface area contributed by atoms with Gasteiger partial charge in [0.2, 0.25) is 0 Å². The summed E-state index contributed by atoms with van der Waals surface area (Å²) in [6.07, 6.45) is 2.00. The predicted octanol–water partition coefficient (Wildman–Crippen LogP) is 2.38. The highest BCUT2D eigenvalue weighted by Gasteiger charge is 2.30. The molecular weight excluding hydrogens is 288 g/mol. The second-order valence-electron chi connectivity index (χ2n) is 6.44. The fraction of sp³-hybridized carbons (Fsp3) is 0.444. The van der Waals surface area contributed by atoms with Gasteiger partial charge < -0.3 is 10.6 Å². The number of para-hydroxylation sites is 1. The number of carbonyl (C=O) groups is 1.